The molecular formula is C20H22F4N6O2S. The molecule has 1 N–H and O–H groups in total. The molecule has 1 saturated heterocycles. The average molecular weight is 486 g/mol. The number of aromatic nitrogens is 4. The molecule has 2 atom stereocenters. The van der Waals surface area contributed by atoms with Crippen molar-refractivity contribution in [3.05, 3.63) is 42.4 Å². The van der Waals surface area contributed by atoms with Crippen LogP contribution in [0.5, 0.6) is 0 Å². The van der Waals surface area contributed by atoms with Crippen LogP contribution in [0, 0.1) is 11.8 Å². The quantitative estimate of drug-likeness (QED) is 0.539. The first-order valence-corrected chi connectivity index (χ1v) is 12.0. The Balaban J connectivity index is 1.65. The van der Waals surface area contributed by atoms with Gasteiger partial charge in [0.25, 0.3) is 12.3 Å². The Kier molecular flexibility index (Phi) is 6.03. The number of hydrogen-bond acceptors (Lipinski definition) is 6. The minimum Gasteiger partial charge on any atom is -0.340 e. The first kappa shape index (κ1) is 23.4. The fourth-order valence-corrected chi connectivity index (χ4v) is 4.40. The van der Waals surface area contributed by atoms with Crippen LogP contribution in [0.1, 0.15) is 18.9 Å². The normalized spacial score (nSPS) is 21.1. The van der Waals surface area contributed by atoms with Crippen molar-refractivity contribution in [1.82, 2.24) is 24.1 Å². The van der Waals surface area contributed by atoms with E-state index >= 15 is 0 Å². The fraction of sp³-hybridized carbons (Fsp3) is 0.450. The Labute approximate surface area is 187 Å². The van der Waals surface area contributed by atoms with Crippen LogP contribution >= 0.6 is 0 Å². The summed E-state index contributed by atoms with van der Waals surface area (Å²) in [6.45, 7) is 0.774. The average Bonchev–Trinajstić information content (AvgIpc) is 3.17. The Morgan fingerprint density at radius 2 is 1.97 bits per heavy atom. The van der Waals surface area contributed by atoms with Crippen molar-refractivity contribution in [3.63, 3.8) is 0 Å². The van der Waals surface area contributed by atoms with Crippen LogP contribution in [0.4, 0.5) is 23.5 Å². The highest BCUT2D eigenvalue weighted by Gasteiger charge is 2.50. The largest absolute Gasteiger partial charge is 0.340 e. The number of imidazole rings is 1. The zero-order valence-electron chi connectivity index (χ0n) is 17.8. The maximum atomic E-state index is 14.7. The number of pyridine rings is 1. The highest BCUT2D eigenvalue weighted by atomic mass is 32.2. The van der Waals surface area contributed by atoms with Gasteiger partial charge in [0.2, 0.25) is 16.0 Å². The van der Waals surface area contributed by atoms with Crippen molar-refractivity contribution in [3.8, 4) is 11.4 Å². The monoisotopic (exact) mass is 486 g/mol. The minimum absolute atomic E-state index is 0.0332. The molecule has 1 aliphatic rings. The first-order valence-electron chi connectivity index (χ1n) is 10.1. The summed E-state index contributed by atoms with van der Waals surface area (Å²) in [7, 11) is -3.64. The standard InChI is InChI=1S/C20H22F4N6O2S/c1-12-9-29(11-14(20(12,23)24)7-27-33(2,31)32)19-25-6-5-15(28-19)16-8-26-17-4-3-13(18(21)22)10-30(16)17/h3-6,8,10,12,14,18,27H,7,9,11H2,1-2H3. The number of anilines is 1. The third-order valence-corrected chi connectivity index (χ3v) is 6.39. The minimum atomic E-state index is -3.64. The van der Waals surface area contributed by atoms with Gasteiger partial charge in [0.05, 0.1) is 29.8 Å². The Morgan fingerprint density at radius 3 is 2.67 bits per heavy atom. The molecule has 178 valence electrons. The van der Waals surface area contributed by atoms with Gasteiger partial charge >= 0.3 is 0 Å². The van der Waals surface area contributed by atoms with Gasteiger partial charge in [0, 0.05) is 43.5 Å². The zero-order valence-corrected chi connectivity index (χ0v) is 18.6. The van der Waals surface area contributed by atoms with Gasteiger partial charge < -0.3 is 4.90 Å². The summed E-state index contributed by atoms with van der Waals surface area (Å²) in [5.74, 6) is -5.26. The van der Waals surface area contributed by atoms with E-state index in [0.29, 0.717) is 17.0 Å². The number of rotatable bonds is 6. The molecular weight excluding hydrogens is 464 g/mol. The van der Waals surface area contributed by atoms with Crippen LogP contribution in [0.15, 0.2) is 36.8 Å². The molecule has 3 aromatic heterocycles. The van der Waals surface area contributed by atoms with Crippen molar-refractivity contribution in [2.45, 2.75) is 19.3 Å². The van der Waals surface area contributed by atoms with Gasteiger partial charge in [0.1, 0.15) is 5.65 Å². The lowest BCUT2D eigenvalue weighted by atomic mass is 9.86. The summed E-state index contributed by atoms with van der Waals surface area (Å²) in [6, 6.07) is 4.34. The summed E-state index contributed by atoms with van der Waals surface area (Å²) < 4.78 is 82.2. The molecule has 2 unspecified atom stereocenters. The van der Waals surface area contributed by atoms with Gasteiger partial charge in [-0.3, -0.25) is 4.40 Å². The molecule has 0 aromatic carbocycles. The van der Waals surface area contributed by atoms with Gasteiger partial charge in [-0.2, -0.15) is 0 Å². The molecule has 0 saturated carbocycles. The Bertz CT molecular complexity index is 1270. The molecule has 0 aliphatic carbocycles. The summed E-state index contributed by atoms with van der Waals surface area (Å²) in [6.07, 6.45) is 2.48. The lowest BCUT2D eigenvalue weighted by Gasteiger charge is -2.42. The van der Waals surface area contributed by atoms with E-state index in [1.54, 1.807) is 11.0 Å². The van der Waals surface area contributed by atoms with E-state index in [2.05, 4.69) is 19.7 Å². The first-order chi connectivity index (χ1) is 15.5. The van der Waals surface area contributed by atoms with Crippen LogP contribution < -0.4 is 9.62 Å². The second kappa shape index (κ2) is 8.52. The van der Waals surface area contributed by atoms with E-state index in [0.717, 1.165) is 6.26 Å². The van der Waals surface area contributed by atoms with E-state index in [4.69, 9.17) is 0 Å². The molecule has 4 rings (SSSR count). The van der Waals surface area contributed by atoms with E-state index < -0.39 is 40.8 Å². The summed E-state index contributed by atoms with van der Waals surface area (Å²) in [5, 5.41) is 0. The molecule has 33 heavy (non-hydrogen) atoms. The molecule has 0 radical (unpaired) electrons. The molecule has 0 amide bonds. The predicted octanol–water partition coefficient (Wildman–Crippen LogP) is 2.99. The molecule has 3 aromatic rings. The van der Waals surface area contributed by atoms with Crippen LogP contribution in [0.2, 0.25) is 0 Å². The lowest BCUT2D eigenvalue weighted by molar-refractivity contribution is -0.109. The molecule has 13 heteroatoms. The van der Waals surface area contributed by atoms with Gasteiger partial charge in [-0.05, 0) is 18.2 Å². The summed E-state index contributed by atoms with van der Waals surface area (Å²) in [4.78, 5) is 14.5. The van der Waals surface area contributed by atoms with Crippen molar-refractivity contribution in [2.75, 3.05) is 30.8 Å². The molecule has 8 nitrogen and oxygen atoms in total. The zero-order chi connectivity index (χ0) is 24.0. The highest BCUT2D eigenvalue weighted by molar-refractivity contribution is 7.88. The molecule has 1 fully saturated rings. The number of piperidine rings is 1. The fourth-order valence-electron chi connectivity index (χ4n) is 3.89. The topological polar surface area (TPSA) is 92.5 Å². The van der Waals surface area contributed by atoms with E-state index in [9.17, 15) is 26.0 Å². The highest BCUT2D eigenvalue weighted by Crippen LogP contribution is 2.38. The Morgan fingerprint density at radius 1 is 1.21 bits per heavy atom. The van der Waals surface area contributed by atoms with E-state index in [1.165, 1.54) is 42.0 Å². The van der Waals surface area contributed by atoms with Crippen LogP contribution in [0.3, 0.4) is 0 Å². The van der Waals surface area contributed by atoms with Gasteiger partial charge in [-0.25, -0.2) is 45.7 Å². The molecule has 0 bridgehead atoms. The maximum Gasteiger partial charge on any atom is 0.265 e. The third-order valence-electron chi connectivity index (χ3n) is 5.70. The molecule has 1 aliphatic heterocycles. The van der Waals surface area contributed by atoms with Crippen molar-refractivity contribution in [1.29, 1.82) is 0 Å². The summed E-state index contributed by atoms with van der Waals surface area (Å²) >= 11 is 0. The van der Waals surface area contributed by atoms with E-state index in [-0.39, 0.29) is 24.6 Å². The van der Waals surface area contributed by atoms with Gasteiger partial charge in [0.15, 0.2) is 0 Å². The number of fused-ring (bicyclic) bond motifs is 1. The second-order valence-electron chi connectivity index (χ2n) is 8.17. The Hall–Kier alpha value is -2.80. The number of halogens is 4. The van der Waals surface area contributed by atoms with Crippen molar-refractivity contribution >= 4 is 21.6 Å². The van der Waals surface area contributed by atoms with Gasteiger partial charge in [-0.15, -0.1) is 0 Å². The van der Waals surface area contributed by atoms with Gasteiger partial charge in [-0.1, -0.05) is 6.92 Å². The van der Waals surface area contributed by atoms with Crippen molar-refractivity contribution < 1.29 is 26.0 Å². The van der Waals surface area contributed by atoms with Crippen LogP contribution in [-0.4, -0.2) is 59.6 Å². The third kappa shape index (κ3) is 4.78. The van der Waals surface area contributed by atoms with E-state index in [1.807, 2.05) is 0 Å². The molecule has 4 heterocycles. The number of nitrogens with zero attached hydrogens (tertiary/aromatic N) is 5. The molecule has 0 spiro atoms. The van der Waals surface area contributed by atoms with Crippen LogP contribution in [0.25, 0.3) is 17.0 Å². The maximum absolute atomic E-state index is 14.7. The van der Waals surface area contributed by atoms with Crippen LogP contribution in [-0.2, 0) is 10.0 Å². The number of alkyl halides is 4. The number of nitrogens with one attached hydrogen (secondary N) is 1. The predicted molar refractivity (Wildman–Crippen MR) is 114 cm³/mol. The second-order valence-corrected chi connectivity index (χ2v) is 10.0. The number of hydrogen-bond donors (Lipinski definition) is 1. The van der Waals surface area contributed by atoms with Crippen molar-refractivity contribution in [2.24, 2.45) is 11.8 Å². The summed E-state index contributed by atoms with van der Waals surface area (Å²) in [5.41, 5.74) is 1.11. The lowest BCUT2D eigenvalue weighted by Crippen LogP contribution is -2.56. The smallest absolute Gasteiger partial charge is 0.265 e. The SMILES string of the molecule is CC1CN(c2nccc(-c3cnc4ccc(C(F)F)cn34)n2)CC(CNS(C)(=O)=O)C1(F)F. The number of sulfonamides is 1.